The Morgan fingerprint density at radius 1 is 0.975 bits per heavy atom. The van der Waals surface area contributed by atoms with Crippen LogP contribution in [0.2, 0.25) is 0 Å². The fourth-order valence-electron chi connectivity index (χ4n) is 4.51. The van der Waals surface area contributed by atoms with E-state index in [-0.39, 0.29) is 20.7 Å². The Morgan fingerprint density at radius 3 is 2.30 bits per heavy atom. The number of rotatable bonds is 8. The molecule has 40 heavy (non-hydrogen) atoms. The lowest BCUT2D eigenvalue weighted by atomic mass is 10.1. The van der Waals surface area contributed by atoms with Crippen LogP contribution in [0.1, 0.15) is 24.8 Å². The van der Waals surface area contributed by atoms with Gasteiger partial charge in [-0.3, -0.25) is 14.2 Å². The van der Waals surface area contributed by atoms with Crippen LogP contribution >= 0.6 is 24.0 Å². The van der Waals surface area contributed by atoms with Crippen LogP contribution in [-0.4, -0.2) is 76.0 Å². The maximum atomic E-state index is 13.1. The van der Waals surface area contributed by atoms with E-state index in [1.54, 1.807) is 41.2 Å². The molecule has 1 N–H and O–H groups in total. The van der Waals surface area contributed by atoms with Crippen LogP contribution in [0, 0.1) is 0 Å². The van der Waals surface area contributed by atoms with Crippen LogP contribution in [0.4, 0.5) is 0 Å². The van der Waals surface area contributed by atoms with Gasteiger partial charge in [0.1, 0.15) is 4.32 Å². The molecule has 0 spiro atoms. The highest BCUT2D eigenvalue weighted by atomic mass is 32.2. The van der Waals surface area contributed by atoms with Crippen LogP contribution in [0.5, 0.6) is 0 Å². The summed E-state index contributed by atoms with van der Waals surface area (Å²) >= 11 is 6.31. The quantitative estimate of drug-likeness (QED) is 0.228. The van der Waals surface area contributed by atoms with Gasteiger partial charge in [-0.1, -0.05) is 60.7 Å². The van der Waals surface area contributed by atoms with Crippen molar-refractivity contribution in [1.82, 2.24) is 19.0 Å². The van der Waals surface area contributed by atoms with E-state index in [1.807, 2.05) is 30.3 Å². The van der Waals surface area contributed by atoms with Gasteiger partial charge in [-0.15, -0.1) is 0 Å². The summed E-state index contributed by atoms with van der Waals surface area (Å²) in [5.74, 6) is -1.10. The summed E-state index contributed by atoms with van der Waals surface area (Å²) in [4.78, 5) is 14.7. The van der Waals surface area contributed by atoms with E-state index in [9.17, 15) is 21.6 Å². The van der Waals surface area contributed by atoms with E-state index >= 15 is 0 Å². The van der Waals surface area contributed by atoms with E-state index in [2.05, 4.69) is 0 Å². The molecule has 0 atom stereocenters. The molecule has 2 aromatic carbocycles. The van der Waals surface area contributed by atoms with Crippen LogP contribution in [0.25, 0.3) is 23.0 Å². The molecular formula is C26H26N4O6S4. The standard InChI is InChI=1S/C26H26N4O6S4/c31-25-23(38-26(37)29(25)15-16-39(32,33)34)17-20-18-30(21-7-3-1-4-8-21)27-24(20)19-9-11-22(12-10-19)40(35,36)28-13-5-2-6-14-28/h1,3-4,7-12,17-18H,2,5-6,13-16H2,(H,32,33,34). The largest absolute Gasteiger partial charge is 0.292 e. The zero-order valence-electron chi connectivity index (χ0n) is 21.2. The second-order valence-electron chi connectivity index (χ2n) is 9.32. The molecule has 0 unspecified atom stereocenters. The van der Waals surface area contributed by atoms with Crippen molar-refractivity contribution in [3.63, 3.8) is 0 Å². The zero-order valence-corrected chi connectivity index (χ0v) is 24.5. The predicted octanol–water partition coefficient (Wildman–Crippen LogP) is 3.80. The van der Waals surface area contributed by atoms with Crippen molar-refractivity contribution in [2.75, 3.05) is 25.4 Å². The first-order valence-corrected chi connectivity index (χ1v) is 16.8. The number of thiocarbonyl (C=S) groups is 1. The van der Waals surface area contributed by atoms with Crippen LogP contribution in [-0.2, 0) is 24.9 Å². The molecule has 1 amide bonds. The summed E-state index contributed by atoms with van der Waals surface area (Å²) in [5, 5.41) is 4.74. The second-order valence-corrected chi connectivity index (χ2v) is 14.5. The van der Waals surface area contributed by atoms with Gasteiger partial charge in [0.15, 0.2) is 0 Å². The van der Waals surface area contributed by atoms with Crippen LogP contribution in [0.15, 0.2) is 70.6 Å². The molecule has 210 valence electrons. The topological polar surface area (TPSA) is 130 Å². The number of benzene rings is 2. The Hall–Kier alpha value is -2.88. The summed E-state index contributed by atoms with van der Waals surface area (Å²) in [6.07, 6.45) is 6.11. The molecule has 2 aliphatic rings. The first-order chi connectivity index (χ1) is 19.0. The summed E-state index contributed by atoms with van der Waals surface area (Å²) in [6.45, 7) is 0.764. The minimum absolute atomic E-state index is 0.184. The lowest BCUT2D eigenvalue weighted by Crippen LogP contribution is -2.35. The van der Waals surface area contributed by atoms with Crippen molar-refractivity contribution in [1.29, 1.82) is 0 Å². The van der Waals surface area contributed by atoms with Crippen molar-refractivity contribution in [2.45, 2.75) is 24.2 Å². The SMILES string of the molecule is O=C1C(=Cc2cn(-c3ccccc3)nc2-c2ccc(S(=O)(=O)N3CCCCC3)cc2)SC(=S)N1CCS(=O)(=O)O. The number of nitrogens with zero attached hydrogens (tertiary/aromatic N) is 4. The molecule has 0 radical (unpaired) electrons. The minimum Gasteiger partial charge on any atom is -0.292 e. The molecule has 3 heterocycles. The first kappa shape index (κ1) is 28.6. The molecule has 3 aromatic rings. The molecular weight excluding hydrogens is 593 g/mol. The van der Waals surface area contributed by atoms with Gasteiger partial charge < -0.3 is 0 Å². The summed E-state index contributed by atoms with van der Waals surface area (Å²) in [5.41, 5.74) is 2.55. The molecule has 2 fully saturated rings. The predicted molar refractivity (Wildman–Crippen MR) is 158 cm³/mol. The van der Waals surface area contributed by atoms with Gasteiger partial charge in [-0.25, -0.2) is 13.1 Å². The number of thioether (sulfide) groups is 1. The number of aromatic nitrogens is 2. The van der Waals surface area contributed by atoms with Crippen LogP contribution < -0.4 is 0 Å². The van der Waals surface area contributed by atoms with Gasteiger partial charge in [-0.2, -0.15) is 17.8 Å². The highest BCUT2D eigenvalue weighted by Crippen LogP contribution is 2.35. The minimum atomic E-state index is -4.27. The Kier molecular flexibility index (Phi) is 8.27. The molecule has 5 rings (SSSR count). The highest BCUT2D eigenvalue weighted by molar-refractivity contribution is 8.26. The van der Waals surface area contributed by atoms with E-state index < -0.39 is 31.8 Å². The average Bonchev–Trinajstić information content (AvgIpc) is 3.48. The van der Waals surface area contributed by atoms with Gasteiger partial charge in [0.25, 0.3) is 16.0 Å². The third-order valence-corrected chi connectivity index (χ3v) is 10.6. The fraction of sp³-hybridized carbons (Fsp3) is 0.269. The number of hydrogen-bond acceptors (Lipinski definition) is 8. The Labute approximate surface area is 242 Å². The monoisotopic (exact) mass is 618 g/mol. The number of piperidine rings is 1. The molecule has 0 aliphatic carbocycles. The van der Waals surface area contributed by atoms with Crippen molar-refractivity contribution >= 4 is 60.4 Å². The second kappa shape index (κ2) is 11.5. The number of para-hydroxylation sites is 1. The highest BCUT2D eigenvalue weighted by Gasteiger charge is 2.33. The Morgan fingerprint density at radius 2 is 1.65 bits per heavy atom. The van der Waals surface area contributed by atoms with Crippen molar-refractivity contribution in [3.05, 3.63) is 71.3 Å². The molecule has 2 aliphatic heterocycles. The maximum Gasteiger partial charge on any atom is 0.266 e. The number of hydrogen-bond donors (Lipinski definition) is 1. The molecule has 2 saturated heterocycles. The third kappa shape index (κ3) is 6.21. The summed E-state index contributed by atoms with van der Waals surface area (Å²) in [7, 11) is -7.86. The maximum absolute atomic E-state index is 13.1. The molecule has 14 heteroatoms. The zero-order chi connectivity index (χ0) is 28.5. The van der Waals surface area contributed by atoms with E-state index in [1.165, 1.54) is 4.31 Å². The molecule has 0 saturated carbocycles. The molecule has 10 nitrogen and oxygen atoms in total. The van der Waals surface area contributed by atoms with Gasteiger partial charge >= 0.3 is 0 Å². The van der Waals surface area contributed by atoms with E-state index in [0.717, 1.165) is 41.6 Å². The summed E-state index contributed by atoms with van der Waals surface area (Å²) < 4.78 is 61.1. The van der Waals surface area contributed by atoms with Gasteiger partial charge in [0, 0.05) is 37.0 Å². The number of sulfonamides is 1. The smallest absolute Gasteiger partial charge is 0.266 e. The number of carbonyl (C=O) groups excluding carboxylic acids is 1. The molecule has 1 aromatic heterocycles. The fourth-order valence-corrected chi connectivity index (χ4v) is 7.74. The van der Waals surface area contributed by atoms with Crippen molar-refractivity contribution < 1.29 is 26.2 Å². The van der Waals surface area contributed by atoms with Crippen molar-refractivity contribution in [3.8, 4) is 16.9 Å². The lowest BCUT2D eigenvalue weighted by molar-refractivity contribution is -0.121. The normalized spacial score (nSPS) is 18.1. The number of amides is 1. The Balaban J connectivity index is 1.50. The Bertz CT molecular complexity index is 1680. The van der Waals surface area contributed by atoms with Crippen molar-refractivity contribution in [2.24, 2.45) is 0 Å². The number of carbonyl (C=O) groups is 1. The van der Waals surface area contributed by atoms with Gasteiger partial charge in [0.05, 0.1) is 26.9 Å². The lowest BCUT2D eigenvalue weighted by Gasteiger charge is -2.25. The first-order valence-electron chi connectivity index (χ1n) is 12.5. The van der Waals surface area contributed by atoms with E-state index in [4.69, 9.17) is 21.9 Å². The molecule has 0 bridgehead atoms. The van der Waals surface area contributed by atoms with E-state index in [0.29, 0.717) is 29.9 Å². The van der Waals surface area contributed by atoms with Crippen LogP contribution in [0.3, 0.4) is 0 Å². The van der Waals surface area contributed by atoms with Gasteiger partial charge in [-0.05, 0) is 43.2 Å². The third-order valence-electron chi connectivity index (χ3n) is 6.58. The van der Waals surface area contributed by atoms with Gasteiger partial charge in [0.2, 0.25) is 10.0 Å². The summed E-state index contributed by atoms with van der Waals surface area (Å²) in [6, 6.07) is 15.9. The average molecular weight is 619 g/mol.